The van der Waals surface area contributed by atoms with Gasteiger partial charge in [0.05, 0.1) is 5.69 Å². The van der Waals surface area contributed by atoms with Gasteiger partial charge < -0.3 is 9.55 Å². The third kappa shape index (κ3) is 3.18. The van der Waals surface area contributed by atoms with E-state index in [1.807, 2.05) is 6.20 Å². The zero-order chi connectivity index (χ0) is 15.5. The Hall–Kier alpha value is -2.82. The molecule has 1 radical (unpaired) electrons. The van der Waals surface area contributed by atoms with Crippen LogP contribution >= 0.6 is 0 Å². The van der Waals surface area contributed by atoms with Gasteiger partial charge in [-0.3, -0.25) is 5.10 Å². The van der Waals surface area contributed by atoms with Gasteiger partial charge >= 0.3 is 0 Å². The maximum absolute atomic E-state index is 4.12. The van der Waals surface area contributed by atoms with Crippen LogP contribution in [0.25, 0.3) is 10.9 Å². The van der Waals surface area contributed by atoms with Crippen LogP contribution in [0, 0.1) is 5.92 Å². The van der Waals surface area contributed by atoms with Crippen molar-refractivity contribution in [1.82, 2.24) is 25.0 Å². The highest BCUT2D eigenvalue weighted by molar-refractivity contribution is 5.80. The topological polar surface area (TPSA) is 62.3 Å². The highest BCUT2D eigenvalue weighted by Gasteiger charge is 2.15. The van der Waals surface area contributed by atoms with Crippen molar-refractivity contribution in [3.63, 3.8) is 0 Å². The molecule has 5 heteroatoms. The maximum Gasteiger partial charge on any atom is 0.0831 e. The first-order chi connectivity index (χ1) is 11.4. The molecule has 0 aliphatic heterocycles. The first-order valence-electron chi connectivity index (χ1n) is 7.73. The molecule has 1 aromatic carbocycles. The van der Waals surface area contributed by atoms with E-state index in [1.54, 1.807) is 0 Å². The van der Waals surface area contributed by atoms with Gasteiger partial charge in [-0.2, -0.15) is 0 Å². The Morgan fingerprint density at radius 3 is 2.70 bits per heavy atom. The number of hydrogen-bond donors (Lipinski definition) is 2. The molecule has 0 spiro atoms. The summed E-state index contributed by atoms with van der Waals surface area (Å²) in [5, 5.41) is 12.0. The fourth-order valence-corrected chi connectivity index (χ4v) is 2.97. The van der Waals surface area contributed by atoms with E-state index in [-0.39, 0.29) is 0 Å². The van der Waals surface area contributed by atoms with E-state index < -0.39 is 0 Å². The summed E-state index contributed by atoms with van der Waals surface area (Å²) in [6.07, 6.45) is 7.77. The number of hydrogen-bond acceptors (Lipinski definition) is 2. The lowest BCUT2D eigenvalue weighted by molar-refractivity contribution is 0.642. The van der Waals surface area contributed by atoms with Gasteiger partial charge in [-0.1, -0.05) is 23.4 Å². The first-order valence-corrected chi connectivity index (χ1v) is 7.73. The Balaban J connectivity index is 1.56. The van der Waals surface area contributed by atoms with Crippen molar-refractivity contribution in [2.24, 2.45) is 0 Å². The molecule has 0 aliphatic rings. The van der Waals surface area contributed by atoms with Gasteiger partial charge in [0.1, 0.15) is 0 Å². The van der Waals surface area contributed by atoms with E-state index in [4.69, 9.17) is 0 Å². The molecular formula is C18H18N5. The molecule has 0 saturated carbocycles. The summed E-state index contributed by atoms with van der Waals surface area (Å²) in [5.41, 5.74) is 3.39. The van der Waals surface area contributed by atoms with Gasteiger partial charge in [0, 0.05) is 48.7 Å². The number of fused-ring (bicyclic) bond motifs is 1. The quantitative estimate of drug-likeness (QED) is 0.575. The summed E-state index contributed by atoms with van der Waals surface area (Å²) < 4.78 is 2.19. The van der Waals surface area contributed by atoms with Gasteiger partial charge in [0.15, 0.2) is 0 Å². The van der Waals surface area contributed by atoms with Crippen LogP contribution in [0.15, 0.2) is 61.1 Å². The Labute approximate surface area is 134 Å². The normalized spacial score (nSPS) is 11.5. The minimum atomic E-state index is 0.823. The first kappa shape index (κ1) is 13.8. The minimum Gasteiger partial charge on any atom is -0.358 e. The molecule has 0 bridgehead atoms. The summed E-state index contributed by atoms with van der Waals surface area (Å²) in [6.45, 7) is 0.884. The second-order valence-corrected chi connectivity index (χ2v) is 5.81. The van der Waals surface area contributed by atoms with Gasteiger partial charge in [-0.15, -0.1) is 5.10 Å². The molecule has 4 aromatic rings. The molecule has 0 fully saturated rings. The molecule has 2 N–H and O–H groups in total. The van der Waals surface area contributed by atoms with Crippen LogP contribution in [0.2, 0.25) is 0 Å². The van der Waals surface area contributed by atoms with E-state index in [1.165, 1.54) is 22.5 Å². The standard InChI is InChI=1S/C18H18N5/c1-2-6-18-15(5-1)11-16(20-18)9-14(10-17-12-19-22-21-17)13-23-7-3-4-8-23/h1-8,11-12,20H,9-10,13H2,(H,19,21,22). The Bertz CT molecular complexity index is 789. The lowest BCUT2D eigenvalue weighted by Crippen LogP contribution is -2.13. The molecule has 4 rings (SSSR count). The van der Waals surface area contributed by atoms with Crippen molar-refractivity contribution < 1.29 is 0 Å². The monoisotopic (exact) mass is 304 g/mol. The van der Waals surface area contributed by atoms with Crippen LogP contribution < -0.4 is 0 Å². The number of benzene rings is 1. The average Bonchev–Trinajstić information content (AvgIpc) is 3.27. The van der Waals surface area contributed by atoms with Crippen LogP contribution in [-0.2, 0) is 19.4 Å². The molecule has 23 heavy (non-hydrogen) atoms. The SMILES string of the molecule is c1ccc2[nH]c(C[C](Cc3c[nH]nn3)Cn3cccc3)cc2c1. The third-order valence-electron chi connectivity index (χ3n) is 4.00. The van der Waals surface area contributed by atoms with Crippen molar-refractivity contribution >= 4 is 10.9 Å². The second-order valence-electron chi connectivity index (χ2n) is 5.81. The minimum absolute atomic E-state index is 0.823. The Morgan fingerprint density at radius 2 is 1.91 bits per heavy atom. The smallest absolute Gasteiger partial charge is 0.0831 e. The van der Waals surface area contributed by atoms with Gasteiger partial charge in [0.25, 0.3) is 0 Å². The molecule has 0 saturated heterocycles. The van der Waals surface area contributed by atoms with Crippen molar-refractivity contribution in [3.8, 4) is 0 Å². The predicted octanol–water partition coefficient (Wildman–Crippen LogP) is 3.15. The van der Waals surface area contributed by atoms with Crippen molar-refractivity contribution in [3.05, 3.63) is 78.4 Å². The molecule has 3 heterocycles. The van der Waals surface area contributed by atoms with E-state index in [0.29, 0.717) is 0 Å². The number of aromatic nitrogens is 5. The van der Waals surface area contributed by atoms with E-state index in [2.05, 4.69) is 79.8 Å². The predicted molar refractivity (Wildman–Crippen MR) is 89.8 cm³/mol. The van der Waals surface area contributed by atoms with E-state index >= 15 is 0 Å². The highest BCUT2D eigenvalue weighted by atomic mass is 15.3. The highest BCUT2D eigenvalue weighted by Crippen LogP contribution is 2.21. The van der Waals surface area contributed by atoms with Crippen molar-refractivity contribution in [2.75, 3.05) is 0 Å². The molecule has 0 amide bonds. The lowest BCUT2D eigenvalue weighted by Gasteiger charge is -2.15. The van der Waals surface area contributed by atoms with Crippen LogP contribution in [0.5, 0.6) is 0 Å². The van der Waals surface area contributed by atoms with Crippen LogP contribution in [-0.4, -0.2) is 25.0 Å². The molecule has 0 aliphatic carbocycles. The molecule has 0 unspecified atom stereocenters. The molecule has 0 atom stereocenters. The Morgan fingerprint density at radius 1 is 1.04 bits per heavy atom. The number of rotatable bonds is 6. The van der Waals surface area contributed by atoms with Crippen molar-refractivity contribution in [2.45, 2.75) is 19.4 Å². The van der Waals surface area contributed by atoms with E-state index in [9.17, 15) is 0 Å². The average molecular weight is 304 g/mol. The summed E-state index contributed by atoms with van der Waals surface area (Å²) in [7, 11) is 0. The number of para-hydroxylation sites is 1. The lowest BCUT2D eigenvalue weighted by atomic mass is 9.97. The van der Waals surface area contributed by atoms with Gasteiger partial charge in [-0.25, -0.2) is 0 Å². The summed E-state index contributed by atoms with van der Waals surface area (Å²) in [4.78, 5) is 3.51. The largest absolute Gasteiger partial charge is 0.358 e. The molecule has 3 aromatic heterocycles. The van der Waals surface area contributed by atoms with Crippen LogP contribution in [0.1, 0.15) is 11.4 Å². The number of nitrogens with zero attached hydrogens (tertiary/aromatic N) is 3. The van der Waals surface area contributed by atoms with Crippen molar-refractivity contribution in [1.29, 1.82) is 0 Å². The summed E-state index contributed by atoms with van der Waals surface area (Å²) in [6, 6.07) is 14.7. The van der Waals surface area contributed by atoms with Gasteiger partial charge in [0.2, 0.25) is 0 Å². The molecular weight excluding hydrogens is 286 g/mol. The summed E-state index contributed by atoms with van der Waals surface area (Å²) >= 11 is 0. The zero-order valence-electron chi connectivity index (χ0n) is 12.7. The summed E-state index contributed by atoms with van der Waals surface area (Å²) in [5.74, 6) is 1.39. The molecule has 115 valence electrons. The number of H-pyrrole nitrogens is 2. The van der Waals surface area contributed by atoms with E-state index in [0.717, 1.165) is 25.1 Å². The maximum atomic E-state index is 4.12. The molecule has 5 nitrogen and oxygen atoms in total. The zero-order valence-corrected chi connectivity index (χ0v) is 12.7. The fraction of sp³-hybridized carbons (Fsp3) is 0.167. The Kier molecular flexibility index (Phi) is 3.68. The second kappa shape index (κ2) is 6.12. The van der Waals surface area contributed by atoms with Crippen LogP contribution in [0.4, 0.5) is 0 Å². The number of nitrogens with one attached hydrogen (secondary N) is 2. The van der Waals surface area contributed by atoms with Crippen LogP contribution in [0.3, 0.4) is 0 Å². The number of aromatic amines is 2. The fourth-order valence-electron chi connectivity index (χ4n) is 2.97. The third-order valence-corrected chi connectivity index (χ3v) is 4.00. The van der Waals surface area contributed by atoms with Gasteiger partial charge in [-0.05, 0) is 36.1 Å².